The first-order valence-corrected chi connectivity index (χ1v) is 3.69. The molecule has 10 heavy (non-hydrogen) atoms. The predicted molar refractivity (Wildman–Crippen MR) is 41.8 cm³/mol. The number of aliphatic hydroxyl groups excluding tert-OH is 1. The molecule has 1 saturated heterocycles. The van der Waals surface area contributed by atoms with E-state index in [4.69, 9.17) is 0 Å². The van der Waals surface area contributed by atoms with E-state index < -0.39 is 0 Å². The topological polar surface area (TPSA) is 32.3 Å². The minimum Gasteiger partial charge on any atom is -0.391 e. The van der Waals surface area contributed by atoms with Crippen molar-refractivity contribution >= 4 is 0 Å². The van der Waals surface area contributed by atoms with Crippen LogP contribution in [0, 0.1) is 5.92 Å². The molecule has 3 unspecified atom stereocenters. The van der Waals surface area contributed by atoms with Gasteiger partial charge in [-0.1, -0.05) is 19.1 Å². The van der Waals surface area contributed by atoms with Crippen molar-refractivity contribution in [1.82, 2.24) is 5.32 Å². The Labute approximate surface area is 61.9 Å². The normalized spacial score (nSPS) is 40.1. The summed E-state index contributed by atoms with van der Waals surface area (Å²) in [6.07, 6.45) is -0.238. The van der Waals surface area contributed by atoms with Gasteiger partial charge in [0.15, 0.2) is 0 Å². The maximum Gasteiger partial charge on any atom is 0.0768 e. The van der Waals surface area contributed by atoms with Crippen LogP contribution in [0.15, 0.2) is 12.2 Å². The Morgan fingerprint density at radius 3 is 2.50 bits per heavy atom. The van der Waals surface area contributed by atoms with Crippen molar-refractivity contribution in [3.05, 3.63) is 12.2 Å². The minimum absolute atomic E-state index is 0.120. The molecular formula is C8H15NO. The van der Waals surface area contributed by atoms with Gasteiger partial charge in [-0.3, -0.25) is 0 Å². The fourth-order valence-corrected chi connectivity index (χ4v) is 1.35. The summed E-state index contributed by atoms with van der Waals surface area (Å²) in [5.41, 5.74) is 1.02. The Balaban J connectivity index is 2.57. The van der Waals surface area contributed by atoms with Crippen LogP contribution in [0.3, 0.4) is 0 Å². The third kappa shape index (κ3) is 1.22. The van der Waals surface area contributed by atoms with Crippen LogP contribution in [0.25, 0.3) is 0 Å². The Hall–Kier alpha value is -0.340. The molecule has 0 radical (unpaired) electrons. The number of aliphatic hydroxyl groups is 1. The van der Waals surface area contributed by atoms with Crippen molar-refractivity contribution in [2.75, 3.05) is 6.54 Å². The molecular weight excluding hydrogens is 126 g/mol. The molecule has 3 atom stereocenters. The van der Waals surface area contributed by atoms with E-state index in [-0.39, 0.29) is 12.1 Å². The summed E-state index contributed by atoms with van der Waals surface area (Å²) in [6.45, 7) is 8.69. The van der Waals surface area contributed by atoms with Gasteiger partial charge in [-0.2, -0.15) is 0 Å². The van der Waals surface area contributed by atoms with Gasteiger partial charge in [0.25, 0.3) is 0 Å². The van der Waals surface area contributed by atoms with Crippen LogP contribution in [0.5, 0.6) is 0 Å². The van der Waals surface area contributed by atoms with Gasteiger partial charge in [0.2, 0.25) is 0 Å². The second-order valence-corrected chi connectivity index (χ2v) is 3.20. The quantitative estimate of drug-likeness (QED) is 0.522. The van der Waals surface area contributed by atoms with E-state index in [1.165, 1.54) is 0 Å². The van der Waals surface area contributed by atoms with Crippen LogP contribution in [0.2, 0.25) is 0 Å². The van der Waals surface area contributed by atoms with Gasteiger partial charge in [0.05, 0.1) is 12.1 Å². The summed E-state index contributed by atoms with van der Waals surface area (Å²) in [6, 6.07) is 0.120. The molecule has 2 nitrogen and oxygen atoms in total. The molecule has 1 fully saturated rings. The van der Waals surface area contributed by atoms with E-state index >= 15 is 0 Å². The molecule has 1 aliphatic rings. The molecule has 2 heteroatoms. The lowest BCUT2D eigenvalue weighted by Crippen LogP contribution is -2.31. The molecule has 0 bridgehead atoms. The first kappa shape index (κ1) is 7.76. The lowest BCUT2D eigenvalue weighted by molar-refractivity contribution is 0.135. The molecule has 1 rings (SSSR count). The fourth-order valence-electron chi connectivity index (χ4n) is 1.35. The average molecular weight is 141 g/mol. The molecule has 0 spiro atoms. The molecule has 0 aromatic rings. The molecule has 0 aliphatic carbocycles. The largest absolute Gasteiger partial charge is 0.391 e. The molecule has 2 N–H and O–H groups in total. The van der Waals surface area contributed by atoms with E-state index in [2.05, 4.69) is 11.9 Å². The van der Waals surface area contributed by atoms with Gasteiger partial charge in [0, 0.05) is 6.54 Å². The highest BCUT2D eigenvalue weighted by Gasteiger charge is 2.31. The maximum absolute atomic E-state index is 9.50. The second kappa shape index (κ2) is 2.72. The van der Waals surface area contributed by atoms with Crippen molar-refractivity contribution in [3.63, 3.8) is 0 Å². The molecule has 58 valence electrons. The fraction of sp³-hybridized carbons (Fsp3) is 0.750. The number of hydrogen-bond acceptors (Lipinski definition) is 2. The van der Waals surface area contributed by atoms with E-state index in [0.29, 0.717) is 5.92 Å². The highest BCUT2D eigenvalue weighted by Crippen LogP contribution is 2.18. The van der Waals surface area contributed by atoms with Crippen LogP contribution in [-0.4, -0.2) is 23.8 Å². The highest BCUT2D eigenvalue weighted by atomic mass is 16.3. The van der Waals surface area contributed by atoms with Crippen molar-refractivity contribution in [1.29, 1.82) is 0 Å². The zero-order chi connectivity index (χ0) is 7.72. The SMILES string of the molecule is C=C(C)C1NCC(C)C1O. The van der Waals surface area contributed by atoms with Gasteiger partial charge in [-0.05, 0) is 12.8 Å². The number of rotatable bonds is 1. The first-order valence-electron chi connectivity index (χ1n) is 3.69. The summed E-state index contributed by atoms with van der Waals surface area (Å²) >= 11 is 0. The smallest absolute Gasteiger partial charge is 0.0768 e. The number of nitrogens with one attached hydrogen (secondary N) is 1. The van der Waals surface area contributed by atoms with Crippen molar-refractivity contribution in [2.45, 2.75) is 26.0 Å². The maximum atomic E-state index is 9.50. The molecule has 0 saturated carbocycles. The molecule has 1 aliphatic heterocycles. The monoisotopic (exact) mass is 141 g/mol. The highest BCUT2D eigenvalue weighted by molar-refractivity contribution is 5.09. The second-order valence-electron chi connectivity index (χ2n) is 3.20. The zero-order valence-corrected chi connectivity index (χ0v) is 6.59. The van der Waals surface area contributed by atoms with Crippen LogP contribution in [-0.2, 0) is 0 Å². The molecule has 0 aromatic carbocycles. The van der Waals surface area contributed by atoms with Gasteiger partial charge >= 0.3 is 0 Å². The first-order chi connectivity index (χ1) is 4.63. The van der Waals surface area contributed by atoms with Crippen LogP contribution in [0.1, 0.15) is 13.8 Å². The van der Waals surface area contributed by atoms with Crippen LogP contribution >= 0.6 is 0 Å². The lowest BCUT2D eigenvalue weighted by Gasteiger charge is -2.15. The van der Waals surface area contributed by atoms with Gasteiger partial charge in [-0.15, -0.1) is 0 Å². The number of hydrogen-bond donors (Lipinski definition) is 2. The zero-order valence-electron chi connectivity index (χ0n) is 6.59. The Morgan fingerprint density at radius 2 is 2.30 bits per heavy atom. The molecule has 0 amide bonds. The Morgan fingerprint density at radius 1 is 1.70 bits per heavy atom. The van der Waals surface area contributed by atoms with Crippen molar-refractivity contribution in [2.24, 2.45) is 5.92 Å². The van der Waals surface area contributed by atoms with Gasteiger partial charge < -0.3 is 10.4 Å². The Bertz CT molecular complexity index is 144. The third-order valence-electron chi connectivity index (χ3n) is 2.12. The summed E-state index contributed by atoms with van der Waals surface area (Å²) in [4.78, 5) is 0. The third-order valence-corrected chi connectivity index (χ3v) is 2.12. The average Bonchev–Trinajstić information content (AvgIpc) is 2.14. The van der Waals surface area contributed by atoms with E-state index in [1.807, 2.05) is 13.8 Å². The summed E-state index contributed by atoms with van der Waals surface area (Å²) in [5, 5.41) is 12.7. The summed E-state index contributed by atoms with van der Waals surface area (Å²) in [5.74, 6) is 0.363. The van der Waals surface area contributed by atoms with Gasteiger partial charge in [0.1, 0.15) is 0 Å². The van der Waals surface area contributed by atoms with Crippen LogP contribution < -0.4 is 5.32 Å². The lowest BCUT2D eigenvalue weighted by atomic mass is 10.0. The summed E-state index contributed by atoms with van der Waals surface area (Å²) < 4.78 is 0. The van der Waals surface area contributed by atoms with Gasteiger partial charge in [-0.25, -0.2) is 0 Å². The standard InChI is InChI=1S/C8H15NO/c1-5(2)7-8(10)6(3)4-9-7/h6-10H,1,4H2,2-3H3. The van der Waals surface area contributed by atoms with E-state index in [9.17, 15) is 5.11 Å². The minimum atomic E-state index is -0.238. The summed E-state index contributed by atoms with van der Waals surface area (Å²) in [7, 11) is 0. The molecule has 0 aromatic heterocycles. The van der Waals surface area contributed by atoms with E-state index in [0.717, 1.165) is 12.1 Å². The van der Waals surface area contributed by atoms with Crippen molar-refractivity contribution < 1.29 is 5.11 Å². The Kier molecular flexibility index (Phi) is 2.11. The van der Waals surface area contributed by atoms with Crippen LogP contribution in [0.4, 0.5) is 0 Å². The predicted octanol–water partition coefficient (Wildman–Crippen LogP) is 0.531. The van der Waals surface area contributed by atoms with E-state index in [1.54, 1.807) is 0 Å². The molecule has 1 heterocycles. The van der Waals surface area contributed by atoms with Crippen molar-refractivity contribution in [3.8, 4) is 0 Å².